The van der Waals surface area contributed by atoms with Crippen LogP contribution in [0.1, 0.15) is 34.7 Å². The zero-order chi connectivity index (χ0) is 22.9. The second-order valence-corrected chi connectivity index (χ2v) is 11.9. The summed E-state index contributed by atoms with van der Waals surface area (Å²) in [5.74, 6) is 0.0892. The number of nitrogens with zero attached hydrogens (tertiary/aromatic N) is 4. The lowest BCUT2D eigenvalue weighted by Gasteiger charge is -2.38. The van der Waals surface area contributed by atoms with Crippen LogP contribution in [0.25, 0.3) is 0 Å². The Kier molecular flexibility index (Phi) is 7.00. The number of piperazine rings is 1. The van der Waals surface area contributed by atoms with E-state index in [4.69, 9.17) is 0 Å². The molecule has 4 rings (SSSR count). The van der Waals surface area contributed by atoms with Crippen molar-refractivity contribution in [2.24, 2.45) is 5.92 Å². The highest BCUT2D eigenvalue weighted by atomic mass is 32.2. The molecule has 2 aromatic rings. The molecular formula is C23H32N4O3S2. The number of amides is 1. The quantitative estimate of drug-likeness (QED) is 0.664. The molecule has 0 aliphatic carbocycles. The molecule has 7 nitrogen and oxygen atoms in total. The van der Waals surface area contributed by atoms with E-state index < -0.39 is 10.0 Å². The zero-order valence-corrected chi connectivity index (χ0v) is 20.7. The Morgan fingerprint density at radius 3 is 2.31 bits per heavy atom. The number of hydrogen-bond donors (Lipinski definition) is 0. The summed E-state index contributed by atoms with van der Waals surface area (Å²) in [7, 11) is -3.51. The molecule has 1 aromatic heterocycles. The highest BCUT2D eigenvalue weighted by Gasteiger charge is 2.34. The molecule has 2 saturated heterocycles. The van der Waals surface area contributed by atoms with Gasteiger partial charge in [0.2, 0.25) is 15.9 Å². The number of sulfonamides is 1. The van der Waals surface area contributed by atoms with Gasteiger partial charge in [-0.15, -0.1) is 11.3 Å². The van der Waals surface area contributed by atoms with Gasteiger partial charge < -0.3 is 4.90 Å². The maximum Gasteiger partial charge on any atom is 0.243 e. The summed E-state index contributed by atoms with van der Waals surface area (Å²) in [4.78, 5) is 22.2. The summed E-state index contributed by atoms with van der Waals surface area (Å²) in [5.41, 5.74) is 3.15. The van der Waals surface area contributed by atoms with Crippen molar-refractivity contribution in [3.05, 3.63) is 45.4 Å². The molecule has 3 heterocycles. The van der Waals surface area contributed by atoms with Gasteiger partial charge in [-0.1, -0.05) is 6.07 Å². The monoisotopic (exact) mass is 476 g/mol. The minimum atomic E-state index is -3.51. The van der Waals surface area contributed by atoms with Crippen molar-refractivity contribution in [3.8, 4) is 0 Å². The van der Waals surface area contributed by atoms with Crippen molar-refractivity contribution < 1.29 is 13.2 Å². The van der Waals surface area contributed by atoms with Gasteiger partial charge in [-0.25, -0.2) is 13.4 Å². The number of hydrogen-bond acceptors (Lipinski definition) is 6. The van der Waals surface area contributed by atoms with E-state index in [1.807, 2.05) is 31.7 Å². The van der Waals surface area contributed by atoms with Crippen LogP contribution >= 0.6 is 11.3 Å². The molecule has 1 aromatic carbocycles. The van der Waals surface area contributed by atoms with Gasteiger partial charge >= 0.3 is 0 Å². The van der Waals surface area contributed by atoms with Gasteiger partial charge in [0.05, 0.1) is 15.6 Å². The normalized spacial score (nSPS) is 19.4. The van der Waals surface area contributed by atoms with Crippen LogP contribution in [-0.2, 0) is 21.4 Å². The standard InChI is InChI=1S/C23H32N4O3S2/c1-17-4-5-22(14-18(17)2)32(29,30)27-8-6-20(7-9-27)23(28)26-12-10-25(11-13-26)15-21-16-31-19(3)24-21/h4-5,14,16,20H,6-13,15H2,1-3H3. The molecule has 0 radical (unpaired) electrons. The number of thiazole rings is 1. The number of piperidine rings is 1. The van der Waals surface area contributed by atoms with E-state index in [0.717, 1.165) is 54.6 Å². The molecule has 0 bridgehead atoms. The topological polar surface area (TPSA) is 73.8 Å². The minimum absolute atomic E-state index is 0.0889. The van der Waals surface area contributed by atoms with Crippen LogP contribution in [0.3, 0.4) is 0 Å². The number of aromatic nitrogens is 1. The number of carbonyl (C=O) groups is 1. The second kappa shape index (κ2) is 9.59. The summed E-state index contributed by atoms with van der Waals surface area (Å²) in [6.45, 7) is 10.7. The Bertz CT molecular complexity index is 1070. The Morgan fingerprint density at radius 1 is 1.03 bits per heavy atom. The molecule has 0 spiro atoms. The highest BCUT2D eigenvalue weighted by Crippen LogP contribution is 2.26. The largest absolute Gasteiger partial charge is 0.340 e. The molecule has 2 aliphatic heterocycles. The molecule has 1 amide bonds. The van der Waals surface area contributed by atoms with E-state index in [1.54, 1.807) is 23.5 Å². The third-order valence-electron chi connectivity index (χ3n) is 6.66. The number of benzene rings is 1. The van der Waals surface area contributed by atoms with Crippen molar-refractivity contribution in [2.75, 3.05) is 39.3 Å². The van der Waals surface area contributed by atoms with Crippen LogP contribution in [-0.4, -0.2) is 72.7 Å². The average molecular weight is 477 g/mol. The fraction of sp³-hybridized carbons (Fsp3) is 0.565. The van der Waals surface area contributed by atoms with Gasteiger partial charge in [0, 0.05) is 57.1 Å². The lowest BCUT2D eigenvalue weighted by atomic mass is 9.96. The first-order valence-electron chi connectivity index (χ1n) is 11.2. The lowest BCUT2D eigenvalue weighted by Crippen LogP contribution is -2.51. The first kappa shape index (κ1) is 23.4. The van der Waals surface area contributed by atoms with E-state index in [9.17, 15) is 13.2 Å². The van der Waals surface area contributed by atoms with Crippen LogP contribution in [0.4, 0.5) is 0 Å². The van der Waals surface area contributed by atoms with Crippen molar-refractivity contribution >= 4 is 27.3 Å². The van der Waals surface area contributed by atoms with E-state index >= 15 is 0 Å². The van der Waals surface area contributed by atoms with Crippen LogP contribution in [0.5, 0.6) is 0 Å². The van der Waals surface area contributed by atoms with Gasteiger partial charge in [-0.2, -0.15) is 4.31 Å². The molecule has 0 atom stereocenters. The number of rotatable bonds is 5. The molecule has 2 fully saturated rings. The first-order chi connectivity index (χ1) is 15.2. The van der Waals surface area contributed by atoms with E-state index in [0.29, 0.717) is 30.8 Å². The van der Waals surface area contributed by atoms with Gasteiger partial charge in [0.1, 0.15) is 0 Å². The van der Waals surface area contributed by atoms with Gasteiger partial charge in [0.15, 0.2) is 0 Å². The molecule has 9 heteroatoms. The predicted octanol–water partition coefficient (Wildman–Crippen LogP) is 2.81. The average Bonchev–Trinajstić information content (AvgIpc) is 3.20. The van der Waals surface area contributed by atoms with Crippen molar-refractivity contribution in [3.63, 3.8) is 0 Å². The maximum atomic E-state index is 13.1. The number of aryl methyl sites for hydroxylation is 3. The minimum Gasteiger partial charge on any atom is -0.340 e. The Labute approximate surface area is 195 Å². The highest BCUT2D eigenvalue weighted by molar-refractivity contribution is 7.89. The van der Waals surface area contributed by atoms with Gasteiger partial charge in [0.25, 0.3) is 0 Å². The molecule has 2 aliphatic rings. The van der Waals surface area contributed by atoms with Crippen molar-refractivity contribution in [1.82, 2.24) is 19.1 Å². The molecule has 0 saturated carbocycles. The third kappa shape index (κ3) is 5.06. The summed E-state index contributed by atoms with van der Waals surface area (Å²) in [6, 6.07) is 5.28. The SMILES string of the molecule is Cc1nc(CN2CCN(C(=O)C3CCN(S(=O)(=O)c4ccc(C)c(C)c4)CC3)CC2)cs1. The maximum absolute atomic E-state index is 13.1. The summed E-state index contributed by atoms with van der Waals surface area (Å²) in [5, 5.41) is 3.19. The van der Waals surface area contributed by atoms with Crippen LogP contribution in [0.2, 0.25) is 0 Å². The Hall–Kier alpha value is -1.81. The smallest absolute Gasteiger partial charge is 0.243 e. The molecule has 0 unspecified atom stereocenters. The van der Waals surface area contributed by atoms with Crippen LogP contribution < -0.4 is 0 Å². The van der Waals surface area contributed by atoms with Crippen LogP contribution in [0, 0.1) is 26.7 Å². The second-order valence-electron chi connectivity index (χ2n) is 8.88. The van der Waals surface area contributed by atoms with Crippen LogP contribution in [0.15, 0.2) is 28.5 Å². The summed E-state index contributed by atoms with van der Waals surface area (Å²) in [6.07, 6.45) is 1.17. The Balaban J connectivity index is 1.28. The predicted molar refractivity (Wildman–Crippen MR) is 126 cm³/mol. The van der Waals surface area contributed by atoms with E-state index in [2.05, 4.69) is 15.3 Å². The molecule has 0 N–H and O–H groups in total. The lowest BCUT2D eigenvalue weighted by molar-refractivity contribution is -0.138. The van der Waals surface area contributed by atoms with Gasteiger partial charge in [-0.3, -0.25) is 9.69 Å². The van der Waals surface area contributed by atoms with E-state index in [-0.39, 0.29) is 11.8 Å². The summed E-state index contributed by atoms with van der Waals surface area (Å²) >= 11 is 1.67. The number of carbonyl (C=O) groups excluding carboxylic acids is 1. The molecule has 32 heavy (non-hydrogen) atoms. The first-order valence-corrected chi connectivity index (χ1v) is 13.6. The Morgan fingerprint density at radius 2 is 1.72 bits per heavy atom. The third-order valence-corrected chi connectivity index (χ3v) is 9.37. The fourth-order valence-electron chi connectivity index (χ4n) is 4.46. The van der Waals surface area contributed by atoms with Crippen molar-refractivity contribution in [1.29, 1.82) is 0 Å². The molecular weight excluding hydrogens is 444 g/mol. The van der Waals surface area contributed by atoms with Crippen molar-refractivity contribution in [2.45, 2.75) is 45.1 Å². The summed E-state index contributed by atoms with van der Waals surface area (Å²) < 4.78 is 27.6. The molecule has 174 valence electrons. The van der Waals surface area contributed by atoms with E-state index in [1.165, 1.54) is 4.31 Å². The van der Waals surface area contributed by atoms with Gasteiger partial charge in [-0.05, 0) is 56.9 Å². The fourth-order valence-corrected chi connectivity index (χ4v) is 6.62. The zero-order valence-electron chi connectivity index (χ0n) is 19.1.